The van der Waals surface area contributed by atoms with Gasteiger partial charge in [0, 0.05) is 6.42 Å². The predicted molar refractivity (Wildman–Crippen MR) is 74.7 cm³/mol. The minimum absolute atomic E-state index is 0.190. The molecule has 0 atom stereocenters. The van der Waals surface area contributed by atoms with Crippen LogP contribution >= 0.6 is 11.8 Å². The van der Waals surface area contributed by atoms with Crippen molar-refractivity contribution in [3.63, 3.8) is 0 Å². The highest BCUT2D eigenvalue weighted by Crippen LogP contribution is 2.27. The molecule has 3 rings (SSSR count). The smallest absolute Gasteiger partial charge is 0.339 e. The molecule has 1 aliphatic rings. The molecule has 0 unspecified atom stereocenters. The molecule has 4 nitrogen and oxygen atoms in total. The quantitative estimate of drug-likeness (QED) is 0.933. The second-order valence-electron chi connectivity index (χ2n) is 4.83. The summed E-state index contributed by atoms with van der Waals surface area (Å²) in [6.45, 7) is 0. The minimum Gasteiger partial charge on any atom is -0.478 e. The van der Waals surface area contributed by atoms with Crippen LogP contribution < -0.4 is 0 Å². The van der Waals surface area contributed by atoms with Crippen LogP contribution in [0.15, 0.2) is 22.6 Å². The van der Waals surface area contributed by atoms with Gasteiger partial charge in [-0.15, -0.1) is 0 Å². The normalized spacial score (nSPS) is 16.8. The predicted octanol–water partition coefficient (Wildman–Crippen LogP) is 3.21. The van der Waals surface area contributed by atoms with E-state index in [1.165, 1.54) is 24.3 Å². The lowest BCUT2D eigenvalue weighted by Gasteiger charge is -2.19. The lowest BCUT2D eigenvalue weighted by Crippen LogP contribution is -2.12. The molecular weight excluding hydrogens is 262 g/mol. The number of benzene rings is 1. The van der Waals surface area contributed by atoms with Crippen LogP contribution in [0.25, 0.3) is 11.1 Å². The van der Waals surface area contributed by atoms with Gasteiger partial charge in [0.2, 0.25) is 0 Å². The third kappa shape index (κ3) is 2.61. The van der Waals surface area contributed by atoms with E-state index in [-0.39, 0.29) is 5.56 Å². The molecule has 0 amide bonds. The van der Waals surface area contributed by atoms with Crippen LogP contribution in [0.4, 0.5) is 0 Å². The molecule has 1 N–H and O–H groups in total. The number of thioether (sulfide) groups is 1. The summed E-state index contributed by atoms with van der Waals surface area (Å²) in [5.74, 6) is 2.71. The van der Waals surface area contributed by atoms with E-state index in [1.54, 1.807) is 18.2 Å². The summed E-state index contributed by atoms with van der Waals surface area (Å²) in [5, 5.41) is 9.12. The Bertz CT molecular complexity index is 602. The van der Waals surface area contributed by atoms with Crippen LogP contribution in [0.1, 0.15) is 29.1 Å². The summed E-state index contributed by atoms with van der Waals surface area (Å²) in [6, 6.07) is 5.05. The number of carboxylic acid groups (broad SMARTS) is 1. The van der Waals surface area contributed by atoms with E-state index in [9.17, 15) is 4.79 Å². The molecule has 0 radical (unpaired) electrons. The zero-order chi connectivity index (χ0) is 13.2. The molecule has 19 heavy (non-hydrogen) atoms. The van der Waals surface area contributed by atoms with Crippen molar-refractivity contribution in [2.24, 2.45) is 5.92 Å². The Morgan fingerprint density at radius 3 is 2.95 bits per heavy atom. The van der Waals surface area contributed by atoms with Gasteiger partial charge in [0.25, 0.3) is 0 Å². The van der Waals surface area contributed by atoms with E-state index < -0.39 is 5.97 Å². The molecule has 0 spiro atoms. The Hall–Kier alpha value is -1.49. The lowest BCUT2D eigenvalue weighted by molar-refractivity contribution is 0.0698. The molecule has 1 aromatic heterocycles. The van der Waals surface area contributed by atoms with E-state index >= 15 is 0 Å². The van der Waals surface area contributed by atoms with Crippen molar-refractivity contribution in [1.29, 1.82) is 0 Å². The average Bonchev–Trinajstić information content (AvgIpc) is 2.81. The lowest BCUT2D eigenvalue weighted by atomic mass is 9.99. The number of oxazole rings is 1. The molecule has 2 heterocycles. The molecule has 1 fully saturated rings. The Morgan fingerprint density at radius 1 is 1.42 bits per heavy atom. The van der Waals surface area contributed by atoms with Crippen molar-refractivity contribution in [1.82, 2.24) is 4.98 Å². The van der Waals surface area contributed by atoms with Crippen LogP contribution in [-0.2, 0) is 6.42 Å². The molecule has 1 saturated heterocycles. The van der Waals surface area contributed by atoms with Gasteiger partial charge in [-0.3, -0.25) is 0 Å². The maximum atomic E-state index is 11.1. The first kappa shape index (κ1) is 12.5. The summed E-state index contributed by atoms with van der Waals surface area (Å²) in [4.78, 5) is 15.5. The second-order valence-corrected chi connectivity index (χ2v) is 6.05. The van der Waals surface area contributed by atoms with Crippen LogP contribution in [0, 0.1) is 5.92 Å². The third-order valence-corrected chi connectivity index (χ3v) is 4.54. The van der Waals surface area contributed by atoms with Gasteiger partial charge in [0.15, 0.2) is 11.5 Å². The molecular formula is C14H15NO3S. The summed E-state index contributed by atoms with van der Waals surface area (Å²) in [5.41, 5.74) is 1.23. The SMILES string of the molecule is O=C(O)c1cccc2nc(CC3CCSCC3)oc12. The molecule has 2 aromatic rings. The Balaban J connectivity index is 1.88. The van der Waals surface area contributed by atoms with Crippen LogP contribution in [-0.4, -0.2) is 27.6 Å². The van der Waals surface area contributed by atoms with Crippen molar-refractivity contribution >= 4 is 28.8 Å². The highest BCUT2D eigenvalue weighted by molar-refractivity contribution is 7.99. The Morgan fingerprint density at radius 2 is 2.21 bits per heavy atom. The topological polar surface area (TPSA) is 63.3 Å². The fourth-order valence-electron chi connectivity index (χ4n) is 2.45. The van der Waals surface area contributed by atoms with Crippen LogP contribution in [0.3, 0.4) is 0 Å². The third-order valence-electron chi connectivity index (χ3n) is 3.49. The maximum Gasteiger partial charge on any atom is 0.339 e. The van der Waals surface area contributed by atoms with Crippen LogP contribution in [0.2, 0.25) is 0 Å². The first-order valence-corrected chi connectivity index (χ1v) is 7.59. The van der Waals surface area contributed by atoms with Crippen molar-refractivity contribution < 1.29 is 14.3 Å². The van der Waals surface area contributed by atoms with Gasteiger partial charge < -0.3 is 9.52 Å². The van der Waals surface area contributed by atoms with Crippen molar-refractivity contribution in [3.8, 4) is 0 Å². The van der Waals surface area contributed by atoms with Gasteiger partial charge in [0.05, 0.1) is 0 Å². The Labute approximate surface area is 115 Å². The molecule has 0 saturated carbocycles. The van der Waals surface area contributed by atoms with Crippen molar-refractivity contribution in [2.45, 2.75) is 19.3 Å². The number of aromatic nitrogens is 1. The van der Waals surface area contributed by atoms with Crippen molar-refractivity contribution in [2.75, 3.05) is 11.5 Å². The first-order chi connectivity index (χ1) is 9.24. The number of rotatable bonds is 3. The van der Waals surface area contributed by atoms with E-state index in [1.807, 2.05) is 11.8 Å². The van der Waals surface area contributed by atoms with Gasteiger partial charge >= 0.3 is 5.97 Å². The standard InChI is InChI=1S/C14H15NO3S/c16-14(17)10-2-1-3-11-13(10)18-12(15-11)8-9-4-6-19-7-5-9/h1-3,9H,4-8H2,(H,16,17). The Kier molecular flexibility index (Phi) is 3.46. The van der Waals surface area contributed by atoms with Gasteiger partial charge in [0.1, 0.15) is 11.1 Å². The molecule has 1 aliphatic heterocycles. The number of hydrogen-bond donors (Lipinski definition) is 1. The number of aromatic carboxylic acids is 1. The van der Waals surface area contributed by atoms with E-state index in [0.29, 0.717) is 22.9 Å². The zero-order valence-electron chi connectivity index (χ0n) is 10.5. The molecule has 100 valence electrons. The zero-order valence-corrected chi connectivity index (χ0v) is 11.3. The van der Waals surface area contributed by atoms with E-state index in [4.69, 9.17) is 9.52 Å². The fourth-order valence-corrected chi connectivity index (χ4v) is 3.65. The molecule has 5 heteroatoms. The summed E-state index contributed by atoms with van der Waals surface area (Å²) >= 11 is 1.99. The monoisotopic (exact) mass is 277 g/mol. The summed E-state index contributed by atoms with van der Waals surface area (Å²) < 4.78 is 5.66. The minimum atomic E-state index is -0.970. The highest BCUT2D eigenvalue weighted by Gasteiger charge is 2.19. The van der Waals surface area contributed by atoms with Gasteiger partial charge in [-0.1, -0.05) is 6.07 Å². The number of para-hydroxylation sites is 1. The summed E-state index contributed by atoms with van der Waals surface area (Å²) in [7, 11) is 0. The van der Waals surface area contributed by atoms with Crippen LogP contribution in [0.5, 0.6) is 0 Å². The van der Waals surface area contributed by atoms with Gasteiger partial charge in [-0.25, -0.2) is 9.78 Å². The first-order valence-electron chi connectivity index (χ1n) is 6.43. The number of nitrogens with zero attached hydrogens (tertiary/aromatic N) is 1. The molecule has 1 aromatic carbocycles. The number of hydrogen-bond acceptors (Lipinski definition) is 4. The number of carbonyl (C=O) groups is 1. The van der Waals surface area contributed by atoms with E-state index in [2.05, 4.69) is 4.98 Å². The highest BCUT2D eigenvalue weighted by atomic mass is 32.2. The molecule has 0 aliphatic carbocycles. The van der Waals surface area contributed by atoms with Gasteiger partial charge in [-0.2, -0.15) is 11.8 Å². The second kappa shape index (κ2) is 5.25. The fraction of sp³-hybridized carbons (Fsp3) is 0.429. The number of carboxylic acids is 1. The average molecular weight is 277 g/mol. The van der Waals surface area contributed by atoms with Gasteiger partial charge in [-0.05, 0) is 42.4 Å². The largest absolute Gasteiger partial charge is 0.478 e. The maximum absolute atomic E-state index is 11.1. The number of fused-ring (bicyclic) bond motifs is 1. The molecule has 0 bridgehead atoms. The summed E-state index contributed by atoms with van der Waals surface area (Å²) in [6.07, 6.45) is 3.19. The van der Waals surface area contributed by atoms with E-state index in [0.717, 1.165) is 6.42 Å². The van der Waals surface area contributed by atoms with Crippen molar-refractivity contribution in [3.05, 3.63) is 29.7 Å².